The molecule has 0 aliphatic carbocycles. The lowest BCUT2D eigenvalue weighted by Gasteiger charge is -2.21. The maximum Gasteiger partial charge on any atom is 0.241 e. The van der Waals surface area contributed by atoms with Gasteiger partial charge in [-0.2, -0.15) is 0 Å². The Hall–Kier alpha value is -0.910. The average molecular weight is 328 g/mol. The second-order valence-electron chi connectivity index (χ2n) is 6.84. The molecule has 1 rings (SSSR count). The number of benzene rings is 1. The Bertz CT molecular complexity index is 585. The summed E-state index contributed by atoms with van der Waals surface area (Å²) in [4.78, 5) is 1.79. The van der Waals surface area contributed by atoms with Gasteiger partial charge in [-0.15, -0.1) is 0 Å². The maximum atomic E-state index is 12.6. The van der Waals surface area contributed by atoms with E-state index in [2.05, 4.69) is 39.3 Å². The van der Waals surface area contributed by atoms with E-state index in [1.165, 1.54) is 4.90 Å². The summed E-state index contributed by atoms with van der Waals surface area (Å²) >= 11 is 0. The van der Waals surface area contributed by atoms with Crippen molar-refractivity contribution >= 4 is 10.0 Å². The molecule has 2 N–H and O–H groups in total. The minimum Gasteiger partial charge on any atom is -0.334 e. The smallest absolute Gasteiger partial charge is 0.241 e. The van der Waals surface area contributed by atoms with Gasteiger partial charge >= 0.3 is 0 Å². The second-order valence-corrected chi connectivity index (χ2v) is 8.57. The first kappa shape index (κ1) is 19.1. The summed E-state index contributed by atoms with van der Waals surface area (Å²) in [6.45, 7) is 15.6. The summed E-state index contributed by atoms with van der Waals surface area (Å²) in [6, 6.07) is 5.71. The molecule has 0 aliphatic rings. The van der Waals surface area contributed by atoms with Gasteiger partial charge in [-0.25, -0.2) is 13.1 Å². The zero-order valence-electron chi connectivity index (χ0n) is 14.8. The van der Waals surface area contributed by atoms with Crippen LogP contribution >= 0.6 is 0 Å². The highest BCUT2D eigenvalue weighted by Gasteiger charge is 2.21. The van der Waals surface area contributed by atoms with Crippen molar-refractivity contribution in [2.24, 2.45) is 0 Å². The molecule has 1 aromatic carbocycles. The Labute approximate surface area is 136 Å². The number of hydrogen-bond acceptors (Lipinski definition) is 2. The van der Waals surface area contributed by atoms with Gasteiger partial charge in [0.15, 0.2) is 0 Å². The molecular weight excluding hydrogens is 296 g/mol. The first-order valence-corrected chi connectivity index (χ1v) is 9.54. The SMILES string of the molecule is CC[NH+](CC)CCNS(=O)(=O)c1cc(C(C)(C)C)ccc1C. The Morgan fingerprint density at radius 1 is 1.14 bits per heavy atom. The molecule has 0 saturated carbocycles. The van der Waals surface area contributed by atoms with Crippen LogP contribution in [-0.2, 0) is 15.4 Å². The third-order valence-electron chi connectivity index (χ3n) is 4.11. The third kappa shape index (κ3) is 5.07. The average Bonchev–Trinajstić information content (AvgIpc) is 2.42. The van der Waals surface area contributed by atoms with Gasteiger partial charge in [0.1, 0.15) is 0 Å². The van der Waals surface area contributed by atoms with E-state index in [4.69, 9.17) is 0 Å². The number of rotatable bonds is 7. The lowest BCUT2D eigenvalue weighted by molar-refractivity contribution is -0.895. The fraction of sp³-hybridized carbons (Fsp3) is 0.647. The van der Waals surface area contributed by atoms with E-state index in [-0.39, 0.29) is 5.41 Å². The standard InChI is InChI=1S/C17H30N2O2S/c1-7-19(8-2)12-11-18-22(20,21)16-13-15(17(4,5)6)10-9-14(16)3/h9-10,13,18H,7-8,11-12H2,1-6H3/p+1. The molecule has 126 valence electrons. The molecule has 0 saturated heterocycles. The normalized spacial score (nSPS) is 12.9. The molecule has 0 bridgehead atoms. The molecule has 1 aromatic rings. The van der Waals surface area contributed by atoms with Crippen molar-refractivity contribution in [2.45, 2.75) is 51.9 Å². The van der Waals surface area contributed by atoms with Crippen LogP contribution in [0.25, 0.3) is 0 Å². The van der Waals surface area contributed by atoms with Crippen molar-refractivity contribution in [3.63, 3.8) is 0 Å². The highest BCUT2D eigenvalue weighted by molar-refractivity contribution is 7.89. The Kier molecular flexibility index (Phi) is 6.59. The Balaban J connectivity index is 2.93. The van der Waals surface area contributed by atoms with Crippen molar-refractivity contribution in [1.82, 2.24) is 4.72 Å². The summed E-state index contributed by atoms with van der Waals surface area (Å²) in [5, 5.41) is 0. The van der Waals surface area contributed by atoms with Crippen LogP contribution in [-0.4, -0.2) is 34.6 Å². The molecule has 0 fully saturated rings. The van der Waals surface area contributed by atoms with Crippen LogP contribution in [0.5, 0.6) is 0 Å². The number of aryl methyl sites for hydroxylation is 1. The monoisotopic (exact) mass is 327 g/mol. The van der Waals surface area contributed by atoms with E-state index >= 15 is 0 Å². The summed E-state index contributed by atoms with van der Waals surface area (Å²) in [6.07, 6.45) is 0. The zero-order valence-corrected chi connectivity index (χ0v) is 15.6. The summed E-state index contributed by atoms with van der Waals surface area (Å²) in [5.74, 6) is 0. The molecular formula is C17H31N2O2S+. The van der Waals surface area contributed by atoms with E-state index in [1.807, 2.05) is 25.1 Å². The van der Waals surface area contributed by atoms with Gasteiger partial charge in [0.25, 0.3) is 0 Å². The molecule has 22 heavy (non-hydrogen) atoms. The minimum absolute atomic E-state index is 0.0661. The van der Waals surface area contributed by atoms with Gasteiger partial charge in [-0.3, -0.25) is 0 Å². The molecule has 0 spiro atoms. The first-order chi connectivity index (χ1) is 10.1. The molecule has 5 heteroatoms. The van der Waals surface area contributed by atoms with E-state index in [9.17, 15) is 8.42 Å². The van der Waals surface area contributed by atoms with Crippen molar-refractivity contribution < 1.29 is 13.3 Å². The number of likely N-dealkylation sites (N-methyl/N-ethyl adjacent to an activating group) is 1. The van der Waals surface area contributed by atoms with Crippen LogP contribution in [0.15, 0.2) is 23.1 Å². The van der Waals surface area contributed by atoms with Crippen molar-refractivity contribution in [2.75, 3.05) is 26.2 Å². The van der Waals surface area contributed by atoms with E-state index in [1.54, 1.807) is 0 Å². The molecule has 0 unspecified atom stereocenters. The fourth-order valence-corrected chi connectivity index (χ4v) is 3.70. The number of hydrogen-bond donors (Lipinski definition) is 2. The highest BCUT2D eigenvalue weighted by Crippen LogP contribution is 2.26. The van der Waals surface area contributed by atoms with Crippen LogP contribution in [0.1, 0.15) is 45.7 Å². The van der Waals surface area contributed by atoms with Crippen LogP contribution in [0.4, 0.5) is 0 Å². The summed E-state index contributed by atoms with van der Waals surface area (Å²) < 4.78 is 27.9. The fourth-order valence-electron chi connectivity index (χ4n) is 2.40. The van der Waals surface area contributed by atoms with Crippen LogP contribution in [0, 0.1) is 6.92 Å². The molecule has 0 radical (unpaired) electrons. The minimum atomic E-state index is -3.45. The molecule has 0 atom stereocenters. The van der Waals surface area contributed by atoms with Gasteiger partial charge in [0.2, 0.25) is 10.0 Å². The van der Waals surface area contributed by atoms with Gasteiger partial charge in [0.05, 0.1) is 31.1 Å². The lowest BCUT2D eigenvalue weighted by Crippen LogP contribution is -3.12. The maximum absolute atomic E-state index is 12.6. The van der Waals surface area contributed by atoms with Crippen molar-refractivity contribution in [1.29, 1.82) is 0 Å². The molecule has 0 aliphatic heterocycles. The predicted molar refractivity (Wildman–Crippen MR) is 92.0 cm³/mol. The predicted octanol–water partition coefficient (Wildman–Crippen LogP) is 1.50. The van der Waals surface area contributed by atoms with Crippen LogP contribution in [0.2, 0.25) is 0 Å². The highest BCUT2D eigenvalue weighted by atomic mass is 32.2. The number of sulfonamides is 1. The number of quaternary nitrogens is 1. The van der Waals surface area contributed by atoms with Gasteiger partial charge in [-0.05, 0) is 43.4 Å². The van der Waals surface area contributed by atoms with E-state index in [0.717, 1.165) is 30.8 Å². The largest absolute Gasteiger partial charge is 0.334 e. The molecule has 0 amide bonds. The lowest BCUT2D eigenvalue weighted by atomic mass is 9.87. The summed E-state index contributed by atoms with van der Waals surface area (Å²) in [5.41, 5.74) is 1.76. The van der Waals surface area contributed by atoms with Gasteiger partial charge in [-0.1, -0.05) is 32.9 Å². The topological polar surface area (TPSA) is 50.6 Å². The van der Waals surface area contributed by atoms with Gasteiger partial charge < -0.3 is 4.90 Å². The molecule has 0 aromatic heterocycles. The third-order valence-corrected chi connectivity index (χ3v) is 5.72. The Morgan fingerprint density at radius 3 is 2.23 bits per heavy atom. The number of nitrogens with one attached hydrogen (secondary N) is 2. The zero-order chi connectivity index (χ0) is 17.0. The van der Waals surface area contributed by atoms with Crippen LogP contribution in [0.3, 0.4) is 0 Å². The van der Waals surface area contributed by atoms with Crippen molar-refractivity contribution in [3.8, 4) is 0 Å². The van der Waals surface area contributed by atoms with E-state index in [0.29, 0.717) is 11.4 Å². The molecule has 0 heterocycles. The quantitative estimate of drug-likeness (QED) is 0.797. The van der Waals surface area contributed by atoms with E-state index < -0.39 is 10.0 Å². The second kappa shape index (κ2) is 7.57. The summed E-state index contributed by atoms with van der Waals surface area (Å²) in [7, 11) is -3.45. The van der Waals surface area contributed by atoms with Crippen LogP contribution < -0.4 is 9.62 Å². The Morgan fingerprint density at radius 2 is 1.73 bits per heavy atom. The first-order valence-electron chi connectivity index (χ1n) is 8.06. The van der Waals surface area contributed by atoms with Gasteiger partial charge in [0, 0.05) is 0 Å². The van der Waals surface area contributed by atoms with Crippen molar-refractivity contribution in [3.05, 3.63) is 29.3 Å². The molecule has 4 nitrogen and oxygen atoms in total.